The predicted molar refractivity (Wildman–Crippen MR) is 84.9 cm³/mol. The van der Waals surface area contributed by atoms with Gasteiger partial charge in [0, 0.05) is 0 Å². The first kappa shape index (κ1) is 14.2. The molecule has 2 aromatic rings. The Kier molecular flexibility index (Phi) is 4.56. The van der Waals surface area contributed by atoms with Crippen LogP contribution in [0.4, 0.5) is 0 Å². The molecule has 1 saturated heterocycles. The quantitative estimate of drug-likeness (QED) is 0.717. The Morgan fingerprint density at radius 3 is 2.48 bits per heavy atom. The first-order valence-corrected chi connectivity index (χ1v) is 7.68. The smallest absolute Gasteiger partial charge is 0.119 e. The molecule has 0 aromatic heterocycles. The first-order valence-electron chi connectivity index (χ1n) is 7.68. The van der Waals surface area contributed by atoms with Gasteiger partial charge in [-0.2, -0.15) is 0 Å². The van der Waals surface area contributed by atoms with Crippen molar-refractivity contribution in [2.24, 2.45) is 0 Å². The van der Waals surface area contributed by atoms with E-state index in [0.717, 1.165) is 25.2 Å². The highest BCUT2D eigenvalue weighted by molar-refractivity contribution is 5.29. The highest BCUT2D eigenvalue weighted by atomic mass is 16.6. The summed E-state index contributed by atoms with van der Waals surface area (Å²) >= 11 is 0. The molecular weight excluding hydrogens is 260 g/mol. The SMILES string of the molecule is Cc1cccc(CCCc2cccc(OCC3CO3)c2)c1. The van der Waals surface area contributed by atoms with E-state index in [9.17, 15) is 0 Å². The van der Waals surface area contributed by atoms with Gasteiger partial charge in [-0.3, -0.25) is 0 Å². The Balaban J connectivity index is 1.49. The lowest BCUT2D eigenvalue weighted by atomic mass is 10.0. The second kappa shape index (κ2) is 6.77. The lowest BCUT2D eigenvalue weighted by Crippen LogP contribution is -2.04. The van der Waals surface area contributed by atoms with Crippen molar-refractivity contribution < 1.29 is 9.47 Å². The Morgan fingerprint density at radius 2 is 1.76 bits per heavy atom. The van der Waals surface area contributed by atoms with Crippen LogP contribution in [0.5, 0.6) is 5.75 Å². The Morgan fingerprint density at radius 1 is 1.05 bits per heavy atom. The molecule has 2 heteroatoms. The topological polar surface area (TPSA) is 21.8 Å². The fraction of sp³-hybridized carbons (Fsp3) is 0.368. The maximum absolute atomic E-state index is 5.73. The zero-order chi connectivity index (χ0) is 14.5. The van der Waals surface area contributed by atoms with Gasteiger partial charge in [0.1, 0.15) is 18.5 Å². The van der Waals surface area contributed by atoms with E-state index in [1.54, 1.807) is 0 Å². The molecule has 1 heterocycles. The summed E-state index contributed by atoms with van der Waals surface area (Å²) in [5, 5.41) is 0. The van der Waals surface area contributed by atoms with Gasteiger partial charge < -0.3 is 9.47 Å². The highest BCUT2D eigenvalue weighted by Gasteiger charge is 2.22. The number of benzene rings is 2. The summed E-state index contributed by atoms with van der Waals surface area (Å²) in [5.41, 5.74) is 4.11. The summed E-state index contributed by atoms with van der Waals surface area (Å²) in [6.45, 7) is 3.66. The van der Waals surface area contributed by atoms with Crippen molar-refractivity contribution in [2.45, 2.75) is 32.3 Å². The Labute approximate surface area is 126 Å². The predicted octanol–water partition coefficient (Wildman–Crippen LogP) is 3.95. The largest absolute Gasteiger partial charge is 0.491 e. The molecule has 0 bridgehead atoms. The molecule has 0 N–H and O–H groups in total. The molecule has 1 unspecified atom stereocenters. The average molecular weight is 282 g/mol. The van der Waals surface area contributed by atoms with E-state index in [2.05, 4.69) is 49.4 Å². The molecule has 1 aliphatic heterocycles. The maximum atomic E-state index is 5.73. The van der Waals surface area contributed by atoms with Crippen molar-refractivity contribution in [3.8, 4) is 5.75 Å². The molecule has 2 nitrogen and oxygen atoms in total. The maximum Gasteiger partial charge on any atom is 0.119 e. The minimum atomic E-state index is 0.315. The van der Waals surface area contributed by atoms with Crippen molar-refractivity contribution in [3.05, 3.63) is 65.2 Å². The highest BCUT2D eigenvalue weighted by Crippen LogP contribution is 2.18. The molecule has 1 aliphatic rings. The number of epoxide rings is 1. The van der Waals surface area contributed by atoms with Gasteiger partial charge in [0.05, 0.1) is 6.61 Å². The summed E-state index contributed by atoms with van der Waals surface area (Å²) in [5.74, 6) is 0.957. The summed E-state index contributed by atoms with van der Waals surface area (Å²) < 4.78 is 10.9. The standard InChI is InChI=1S/C19H22O2/c1-15-5-2-6-16(11-15)7-3-8-17-9-4-10-18(12-17)20-13-19-14-21-19/h2,4-6,9-12,19H,3,7-8,13-14H2,1H3. The lowest BCUT2D eigenvalue weighted by Gasteiger charge is -2.07. The molecule has 1 atom stereocenters. The Bertz CT molecular complexity index is 588. The monoisotopic (exact) mass is 282 g/mol. The summed E-state index contributed by atoms with van der Waals surface area (Å²) in [4.78, 5) is 0. The number of hydrogen-bond acceptors (Lipinski definition) is 2. The Hall–Kier alpha value is -1.80. The van der Waals surface area contributed by atoms with E-state index in [0.29, 0.717) is 12.7 Å². The minimum Gasteiger partial charge on any atom is -0.491 e. The van der Waals surface area contributed by atoms with E-state index in [4.69, 9.17) is 9.47 Å². The fourth-order valence-corrected chi connectivity index (χ4v) is 2.51. The van der Waals surface area contributed by atoms with Crippen LogP contribution in [0.2, 0.25) is 0 Å². The van der Waals surface area contributed by atoms with Crippen molar-refractivity contribution in [3.63, 3.8) is 0 Å². The molecule has 1 fully saturated rings. The van der Waals surface area contributed by atoms with Crippen molar-refractivity contribution in [2.75, 3.05) is 13.2 Å². The van der Waals surface area contributed by atoms with Gasteiger partial charge in [-0.05, 0) is 49.4 Å². The van der Waals surface area contributed by atoms with Crippen LogP contribution < -0.4 is 4.74 Å². The van der Waals surface area contributed by atoms with E-state index < -0.39 is 0 Å². The third-order valence-electron chi connectivity index (χ3n) is 3.75. The fourth-order valence-electron chi connectivity index (χ4n) is 2.51. The van der Waals surface area contributed by atoms with Crippen LogP contribution in [-0.4, -0.2) is 19.3 Å². The van der Waals surface area contributed by atoms with Gasteiger partial charge in [-0.1, -0.05) is 42.0 Å². The summed E-state index contributed by atoms with van der Waals surface area (Å²) in [6.07, 6.45) is 3.70. The van der Waals surface area contributed by atoms with E-state index in [-0.39, 0.29) is 0 Å². The average Bonchev–Trinajstić information content (AvgIpc) is 3.30. The van der Waals surface area contributed by atoms with Crippen LogP contribution in [0, 0.1) is 6.92 Å². The van der Waals surface area contributed by atoms with Crippen molar-refractivity contribution >= 4 is 0 Å². The molecule has 0 aliphatic carbocycles. The van der Waals surface area contributed by atoms with Gasteiger partial charge in [0.25, 0.3) is 0 Å². The van der Waals surface area contributed by atoms with Crippen LogP contribution in [0.15, 0.2) is 48.5 Å². The number of hydrogen-bond donors (Lipinski definition) is 0. The van der Waals surface area contributed by atoms with E-state index in [1.807, 2.05) is 6.07 Å². The zero-order valence-electron chi connectivity index (χ0n) is 12.5. The van der Waals surface area contributed by atoms with Gasteiger partial charge in [0.2, 0.25) is 0 Å². The molecule has 0 radical (unpaired) electrons. The molecule has 0 spiro atoms. The molecule has 110 valence electrons. The van der Waals surface area contributed by atoms with E-state index >= 15 is 0 Å². The molecular formula is C19H22O2. The first-order chi connectivity index (χ1) is 10.3. The minimum absolute atomic E-state index is 0.315. The lowest BCUT2D eigenvalue weighted by molar-refractivity contribution is 0.263. The van der Waals surface area contributed by atoms with Crippen LogP contribution in [0.1, 0.15) is 23.1 Å². The van der Waals surface area contributed by atoms with Crippen molar-refractivity contribution in [1.29, 1.82) is 0 Å². The van der Waals surface area contributed by atoms with Gasteiger partial charge in [0.15, 0.2) is 0 Å². The van der Waals surface area contributed by atoms with Gasteiger partial charge in [-0.25, -0.2) is 0 Å². The molecule has 0 amide bonds. The van der Waals surface area contributed by atoms with Crippen LogP contribution >= 0.6 is 0 Å². The molecule has 21 heavy (non-hydrogen) atoms. The van der Waals surface area contributed by atoms with Gasteiger partial charge >= 0.3 is 0 Å². The second-order valence-corrected chi connectivity index (χ2v) is 5.76. The summed E-state index contributed by atoms with van der Waals surface area (Å²) in [7, 11) is 0. The van der Waals surface area contributed by atoms with E-state index in [1.165, 1.54) is 23.1 Å². The molecule has 2 aromatic carbocycles. The van der Waals surface area contributed by atoms with Gasteiger partial charge in [-0.15, -0.1) is 0 Å². The zero-order valence-corrected chi connectivity index (χ0v) is 12.5. The number of rotatable bonds is 7. The molecule has 3 rings (SSSR count). The normalized spacial score (nSPS) is 16.7. The van der Waals surface area contributed by atoms with Crippen LogP contribution in [-0.2, 0) is 17.6 Å². The third-order valence-corrected chi connectivity index (χ3v) is 3.75. The number of aryl methyl sites for hydroxylation is 3. The summed E-state index contributed by atoms with van der Waals surface area (Å²) in [6, 6.07) is 17.2. The van der Waals surface area contributed by atoms with Crippen LogP contribution in [0.3, 0.4) is 0 Å². The second-order valence-electron chi connectivity index (χ2n) is 5.76. The molecule has 0 saturated carbocycles. The number of ether oxygens (including phenoxy) is 2. The van der Waals surface area contributed by atoms with Crippen molar-refractivity contribution in [1.82, 2.24) is 0 Å². The van der Waals surface area contributed by atoms with Crippen LogP contribution in [0.25, 0.3) is 0 Å². The third kappa shape index (κ3) is 4.61.